The van der Waals surface area contributed by atoms with Crippen molar-refractivity contribution in [2.75, 3.05) is 11.9 Å². The van der Waals surface area contributed by atoms with Crippen LogP contribution in [0.4, 0.5) is 5.95 Å². The fourth-order valence-corrected chi connectivity index (χ4v) is 2.69. The second kappa shape index (κ2) is 6.22. The third-order valence-corrected chi connectivity index (χ3v) is 4.05. The van der Waals surface area contributed by atoms with Crippen molar-refractivity contribution in [3.63, 3.8) is 0 Å². The van der Waals surface area contributed by atoms with Crippen molar-refractivity contribution in [1.29, 1.82) is 0 Å². The third-order valence-electron chi connectivity index (χ3n) is 4.05. The standard InChI is InChI=1S/C15H25N3O/c1-5-19-14-9-12(4)16-15(18-14)17-13-7-6-10(2)11(3)8-13/h9-11,13H,5-8H2,1-4H3,(H,16,17,18). The first-order chi connectivity index (χ1) is 9.08. The molecule has 3 unspecified atom stereocenters. The molecular formula is C15H25N3O. The van der Waals surface area contributed by atoms with Crippen molar-refractivity contribution in [1.82, 2.24) is 9.97 Å². The summed E-state index contributed by atoms with van der Waals surface area (Å²) in [4.78, 5) is 8.87. The first-order valence-electron chi connectivity index (χ1n) is 7.33. The van der Waals surface area contributed by atoms with E-state index in [0.29, 0.717) is 24.5 Å². The largest absolute Gasteiger partial charge is 0.478 e. The van der Waals surface area contributed by atoms with E-state index in [9.17, 15) is 0 Å². The van der Waals surface area contributed by atoms with Crippen molar-refractivity contribution in [3.05, 3.63) is 11.8 Å². The number of ether oxygens (including phenoxy) is 1. The average Bonchev–Trinajstić information content (AvgIpc) is 2.33. The van der Waals surface area contributed by atoms with Gasteiger partial charge >= 0.3 is 0 Å². The van der Waals surface area contributed by atoms with Crippen molar-refractivity contribution < 1.29 is 4.74 Å². The normalized spacial score (nSPS) is 27.1. The summed E-state index contributed by atoms with van der Waals surface area (Å²) in [7, 11) is 0. The zero-order valence-electron chi connectivity index (χ0n) is 12.4. The van der Waals surface area contributed by atoms with Crippen LogP contribution in [0.25, 0.3) is 0 Å². The van der Waals surface area contributed by atoms with Gasteiger partial charge in [0.05, 0.1) is 6.61 Å². The summed E-state index contributed by atoms with van der Waals surface area (Å²) in [6.45, 7) is 9.25. The highest BCUT2D eigenvalue weighted by atomic mass is 16.5. The number of aryl methyl sites for hydroxylation is 1. The Morgan fingerprint density at radius 3 is 2.74 bits per heavy atom. The monoisotopic (exact) mass is 263 g/mol. The number of hydrogen-bond acceptors (Lipinski definition) is 4. The molecule has 4 heteroatoms. The molecule has 1 saturated carbocycles. The molecule has 106 valence electrons. The second-order valence-electron chi connectivity index (χ2n) is 5.71. The van der Waals surface area contributed by atoms with E-state index in [1.165, 1.54) is 19.3 Å². The van der Waals surface area contributed by atoms with Crippen molar-refractivity contribution >= 4 is 5.95 Å². The maximum atomic E-state index is 5.46. The van der Waals surface area contributed by atoms with E-state index in [4.69, 9.17) is 4.74 Å². The summed E-state index contributed by atoms with van der Waals surface area (Å²) in [5, 5.41) is 3.47. The lowest BCUT2D eigenvalue weighted by atomic mass is 9.79. The van der Waals surface area contributed by atoms with Gasteiger partial charge < -0.3 is 10.1 Å². The molecule has 0 bridgehead atoms. The first-order valence-corrected chi connectivity index (χ1v) is 7.33. The number of nitrogens with one attached hydrogen (secondary N) is 1. The van der Waals surface area contributed by atoms with Crippen LogP contribution in [0.5, 0.6) is 5.88 Å². The average molecular weight is 263 g/mol. The van der Waals surface area contributed by atoms with E-state index >= 15 is 0 Å². The molecule has 1 heterocycles. The molecular weight excluding hydrogens is 238 g/mol. The summed E-state index contributed by atoms with van der Waals surface area (Å²) in [5.41, 5.74) is 0.943. The minimum absolute atomic E-state index is 0.488. The first kappa shape index (κ1) is 14.1. The van der Waals surface area contributed by atoms with Gasteiger partial charge in [0.2, 0.25) is 11.8 Å². The molecule has 0 radical (unpaired) electrons. The fraction of sp³-hybridized carbons (Fsp3) is 0.733. The van der Waals surface area contributed by atoms with Crippen LogP contribution < -0.4 is 10.1 Å². The van der Waals surface area contributed by atoms with Crippen molar-refractivity contribution in [2.24, 2.45) is 11.8 Å². The van der Waals surface area contributed by atoms with Gasteiger partial charge in [-0.25, -0.2) is 4.98 Å². The number of aromatic nitrogens is 2. The van der Waals surface area contributed by atoms with Crippen LogP contribution >= 0.6 is 0 Å². The molecule has 0 amide bonds. The molecule has 3 atom stereocenters. The molecule has 1 N–H and O–H groups in total. The molecule has 1 fully saturated rings. The number of anilines is 1. The van der Waals surface area contributed by atoms with Gasteiger partial charge in [-0.2, -0.15) is 4.98 Å². The van der Waals surface area contributed by atoms with Gasteiger partial charge in [0.25, 0.3) is 0 Å². The van der Waals surface area contributed by atoms with Gasteiger partial charge in [-0.15, -0.1) is 0 Å². The van der Waals surface area contributed by atoms with Gasteiger partial charge in [-0.05, 0) is 44.9 Å². The van der Waals surface area contributed by atoms with Gasteiger partial charge in [0, 0.05) is 17.8 Å². The minimum atomic E-state index is 0.488. The predicted octanol–water partition coefficient (Wildman–Crippen LogP) is 3.42. The molecule has 4 nitrogen and oxygen atoms in total. The van der Waals surface area contributed by atoms with Crippen LogP contribution in [0.1, 0.15) is 45.7 Å². The molecule has 2 rings (SSSR count). The number of nitrogens with zero attached hydrogens (tertiary/aromatic N) is 2. The maximum Gasteiger partial charge on any atom is 0.226 e. The Morgan fingerprint density at radius 2 is 2.05 bits per heavy atom. The molecule has 0 aliphatic heterocycles. The van der Waals surface area contributed by atoms with Gasteiger partial charge in [-0.3, -0.25) is 0 Å². The van der Waals surface area contributed by atoms with Gasteiger partial charge in [0.1, 0.15) is 0 Å². The van der Waals surface area contributed by atoms with E-state index in [2.05, 4.69) is 29.1 Å². The summed E-state index contributed by atoms with van der Waals surface area (Å²) in [5.74, 6) is 2.96. The van der Waals surface area contributed by atoms with Crippen LogP contribution in [0.15, 0.2) is 6.07 Å². The Balaban J connectivity index is 2.02. The summed E-state index contributed by atoms with van der Waals surface area (Å²) >= 11 is 0. The van der Waals surface area contributed by atoms with Crippen LogP contribution in [-0.4, -0.2) is 22.6 Å². The van der Waals surface area contributed by atoms with E-state index in [-0.39, 0.29) is 0 Å². The predicted molar refractivity (Wildman–Crippen MR) is 77.5 cm³/mol. The number of hydrogen-bond donors (Lipinski definition) is 1. The zero-order chi connectivity index (χ0) is 13.8. The molecule has 1 aliphatic carbocycles. The quantitative estimate of drug-likeness (QED) is 0.904. The smallest absolute Gasteiger partial charge is 0.226 e. The summed E-state index contributed by atoms with van der Waals surface area (Å²) in [6, 6.07) is 2.36. The topological polar surface area (TPSA) is 47.0 Å². The highest BCUT2D eigenvalue weighted by Gasteiger charge is 2.24. The molecule has 0 aromatic carbocycles. The molecule has 1 aliphatic rings. The van der Waals surface area contributed by atoms with Gasteiger partial charge in [-0.1, -0.05) is 13.8 Å². The molecule has 1 aromatic rings. The van der Waals surface area contributed by atoms with Gasteiger partial charge in [0.15, 0.2) is 0 Å². The van der Waals surface area contributed by atoms with Crippen LogP contribution in [0.3, 0.4) is 0 Å². The highest BCUT2D eigenvalue weighted by Crippen LogP contribution is 2.30. The number of rotatable bonds is 4. The third kappa shape index (κ3) is 3.82. The Morgan fingerprint density at radius 1 is 1.26 bits per heavy atom. The molecule has 19 heavy (non-hydrogen) atoms. The molecule has 0 saturated heterocycles. The van der Waals surface area contributed by atoms with E-state index in [1.54, 1.807) is 0 Å². The lowest BCUT2D eigenvalue weighted by molar-refractivity contribution is 0.260. The van der Waals surface area contributed by atoms with Crippen molar-refractivity contribution in [2.45, 2.75) is 53.0 Å². The van der Waals surface area contributed by atoms with E-state index < -0.39 is 0 Å². The lowest BCUT2D eigenvalue weighted by Gasteiger charge is -2.32. The Bertz CT molecular complexity index is 422. The Hall–Kier alpha value is -1.32. The maximum absolute atomic E-state index is 5.46. The zero-order valence-corrected chi connectivity index (χ0v) is 12.4. The van der Waals surface area contributed by atoms with Crippen LogP contribution in [0, 0.1) is 18.8 Å². The SMILES string of the molecule is CCOc1cc(C)nc(NC2CCC(C)C(C)C2)n1. The molecule has 1 aromatic heterocycles. The Kier molecular flexibility index (Phi) is 4.61. The van der Waals surface area contributed by atoms with Crippen molar-refractivity contribution in [3.8, 4) is 5.88 Å². The Labute approximate surface area is 116 Å². The minimum Gasteiger partial charge on any atom is -0.478 e. The lowest BCUT2D eigenvalue weighted by Crippen LogP contribution is -2.31. The second-order valence-corrected chi connectivity index (χ2v) is 5.71. The fourth-order valence-electron chi connectivity index (χ4n) is 2.69. The van der Waals surface area contributed by atoms with Crippen LogP contribution in [0.2, 0.25) is 0 Å². The van der Waals surface area contributed by atoms with Crippen LogP contribution in [-0.2, 0) is 0 Å². The summed E-state index contributed by atoms with van der Waals surface area (Å²) in [6.07, 6.45) is 3.68. The van der Waals surface area contributed by atoms with E-state index in [1.807, 2.05) is 19.9 Å². The van der Waals surface area contributed by atoms with E-state index in [0.717, 1.165) is 17.5 Å². The molecule has 0 spiro atoms. The highest BCUT2D eigenvalue weighted by molar-refractivity contribution is 5.31. The summed E-state index contributed by atoms with van der Waals surface area (Å²) < 4.78 is 5.46.